The van der Waals surface area contributed by atoms with E-state index in [9.17, 15) is 18.0 Å². The van der Waals surface area contributed by atoms with Gasteiger partial charge in [0.25, 0.3) is 0 Å². The number of hydrogen-bond donors (Lipinski definition) is 0. The molecule has 114 valence electrons. The van der Waals surface area contributed by atoms with Crippen molar-refractivity contribution in [2.45, 2.75) is 38.0 Å². The quantitative estimate of drug-likeness (QED) is 0.837. The molecule has 1 saturated carbocycles. The molecule has 1 atom stereocenters. The molecule has 0 amide bonds. The lowest BCUT2D eigenvalue weighted by atomic mass is 9.89. The monoisotopic (exact) mass is 308 g/mol. The lowest BCUT2D eigenvalue weighted by molar-refractivity contribution is -0.124. The lowest BCUT2D eigenvalue weighted by Crippen LogP contribution is -2.19. The van der Waals surface area contributed by atoms with Crippen LogP contribution < -0.4 is 0 Å². The molecule has 1 aromatic carbocycles. The number of rotatable bonds is 5. The first-order valence-electron chi connectivity index (χ1n) is 7.03. The fourth-order valence-electron chi connectivity index (χ4n) is 2.89. The Labute approximate surface area is 125 Å². The predicted molar refractivity (Wildman–Crippen MR) is 79.6 cm³/mol. The van der Waals surface area contributed by atoms with Gasteiger partial charge in [0.1, 0.15) is 17.3 Å². The average Bonchev–Trinajstić information content (AvgIpc) is 2.62. The summed E-state index contributed by atoms with van der Waals surface area (Å²) >= 11 is 0. The van der Waals surface area contributed by atoms with Crippen molar-refractivity contribution in [1.82, 2.24) is 0 Å². The summed E-state index contributed by atoms with van der Waals surface area (Å²) in [7, 11) is -3.58. The van der Waals surface area contributed by atoms with Crippen molar-refractivity contribution in [2.75, 3.05) is 5.75 Å². The van der Waals surface area contributed by atoms with Crippen LogP contribution in [0.2, 0.25) is 0 Å². The highest BCUT2D eigenvalue weighted by Gasteiger charge is 2.39. The van der Waals surface area contributed by atoms with Crippen molar-refractivity contribution in [2.24, 2.45) is 11.3 Å². The first-order chi connectivity index (χ1) is 9.71. The van der Waals surface area contributed by atoms with Gasteiger partial charge in [0.05, 0.1) is 4.90 Å². The molecule has 0 radical (unpaired) electrons. The highest BCUT2D eigenvalue weighted by atomic mass is 32.2. The van der Waals surface area contributed by atoms with E-state index in [-0.39, 0.29) is 34.2 Å². The van der Waals surface area contributed by atoms with Crippen molar-refractivity contribution < 1.29 is 18.0 Å². The van der Waals surface area contributed by atoms with E-state index in [1.165, 1.54) is 12.1 Å². The molecular weight excluding hydrogens is 288 g/mol. The Morgan fingerprint density at radius 1 is 1.24 bits per heavy atom. The van der Waals surface area contributed by atoms with Gasteiger partial charge in [0.2, 0.25) is 0 Å². The molecular formula is C16H20O4S. The van der Waals surface area contributed by atoms with Gasteiger partial charge in [-0.1, -0.05) is 32.0 Å². The smallest absolute Gasteiger partial charge is 0.185 e. The lowest BCUT2D eigenvalue weighted by Gasteiger charge is -2.15. The SMILES string of the molecule is CC1(C)CC(CC(=O)CS(=O)(=O)c2ccccc2)CC1=O. The van der Waals surface area contributed by atoms with E-state index in [1.54, 1.807) is 18.2 Å². The van der Waals surface area contributed by atoms with Gasteiger partial charge in [0, 0.05) is 18.3 Å². The van der Waals surface area contributed by atoms with Gasteiger partial charge in [-0.05, 0) is 24.5 Å². The first kappa shape index (κ1) is 15.9. The zero-order chi connectivity index (χ0) is 15.7. The van der Waals surface area contributed by atoms with Gasteiger partial charge in [-0.2, -0.15) is 0 Å². The van der Waals surface area contributed by atoms with Crippen LogP contribution in [0.15, 0.2) is 35.2 Å². The maximum absolute atomic E-state index is 12.1. The zero-order valence-corrected chi connectivity index (χ0v) is 13.2. The minimum atomic E-state index is -3.58. The van der Waals surface area contributed by atoms with Gasteiger partial charge in [0.15, 0.2) is 9.84 Å². The molecule has 4 nitrogen and oxygen atoms in total. The molecule has 0 saturated heterocycles. The van der Waals surface area contributed by atoms with Gasteiger partial charge >= 0.3 is 0 Å². The second kappa shape index (κ2) is 5.72. The molecule has 0 heterocycles. The van der Waals surface area contributed by atoms with Crippen LogP contribution in [-0.4, -0.2) is 25.7 Å². The molecule has 0 N–H and O–H groups in total. The summed E-state index contributed by atoms with van der Waals surface area (Å²) in [4.78, 5) is 23.9. The molecule has 2 rings (SSSR count). The standard InChI is InChI=1S/C16H20O4S/c1-16(2)10-12(9-15(16)18)8-13(17)11-21(19,20)14-6-4-3-5-7-14/h3-7,12H,8-11H2,1-2H3. The van der Waals surface area contributed by atoms with Gasteiger partial charge in [-0.15, -0.1) is 0 Å². The highest BCUT2D eigenvalue weighted by Crippen LogP contribution is 2.39. The molecule has 1 aromatic rings. The number of carbonyl (C=O) groups is 2. The molecule has 1 fully saturated rings. The Morgan fingerprint density at radius 3 is 2.38 bits per heavy atom. The summed E-state index contributed by atoms with van der Waals surface area (Å²) in [6.07, 6.45) is 1.20. The number of carbonyl (C=O) groups excluding carboxylic acids is 2. The van der Waals surface area contributed by atoms with E-state index in [4.69, 9.17) is 0 Å². The molecule has 0 spiro atoms. The van der Waals surface area contributed by atoms with Crippen LogP contribution >= 0.6 is 0 Å². The third-order valence-corrected chi connectivity index (χ3v) is 5.69. The van der Waals surface area contributed by atoms with E-state index in [1.807, 2.05) is 13.8 Å². The van der Waals surface area contributed by atoms with Crippen LogP contribution in [0.25, 0.3) is 0 Å². The van der Waals surface area contributed by atoms with E-state index in [0.717, 1.165) is 0 Å². The summed E-state index contributed by atoms with van der Waals surface area (Å²) in [5.41, 5.74) is -0.386. The fourth-order valence-corrected chi connectivity index (χ4v) is 4.17. The molecule has 5 heteroatoms. The van der Waals surface area contributed by atoms with E-state index < -0.39 is 15.6 Å². The van der Waals surface area contributed by atoms with Crippen LogP contribution in [0, 0.1) is 11.3 Å². The maximum atomic E-state index is 12.1. The minimum Gasteiger partial charge on any atom is -0.299 e. The molecule has 1 aliphatic rings. The van der Waals surface area contributed by atoms with Gasteiger partial charge in [-0.3, -0.25) is 9.59 Å². The Bertz CT molecular complexity index is 644. The van der Waals surface area contributed by atoms with Crippen molar-refractivity contribution in [3.05, 3.63) is 30.3 Å². The fraction of sp³-hybridized carbons (Fsp3) is 0.500. The van der Waals surface area contributed by atoms with E-state index >= 15 is 0 Å². The minimum absolute atomic E-state index is 0.0222. The number of benzene rings is 1. The van der Waals surface area contributed by atoms with Gasteiger partial charge in [-0.25, -0.2) is 8.42 Å². The molecule has 0 aromatic heterocycles. The van der Waals surface area contributed by atoms with Crippen molar-refractivity contribution in [1.29, 1.82) is 0 Å². The van der Waals surface area contributed by atoms with Gasteiger partial charge < -0.3 is 0 Å². The summed E-state index contributed by atoms with van der Waals surface area (Å²) < 4.78 is 24.2. The van der Waals surface area contributed by atoms with Crippen molar-refractivity contribution in [3.63, 3.8) is 0 Å². The number of sulfone groups is 1. The summed E-state index contributed by atoms with van der Waals surface area (Å²) in [5, 5.41) is 0. The van der Waals surface area contributed by atoms with Crippen LogP contribution in [0.1, 0.15) is 33.1 Å². The molecule has 21 heavy (non-hydrogen) atoms. The average molecular weight is 308 g/mol. The van der Waals surface area contributed by atoms with E-state index in [2.05, 4.69) is 0 Å². The third kappa shape index (κ3) is 3.79. The molecule has 1 unspecified atom stereocenters. The van der Waals surface area contributed by atoms with Crippen molar-refractivity contribution in [3.8, 4) is 0 Å². The maximum Gasteiger partial charge on any atom is 0.185 e. The molecule has 0 aliphatic heterocycles. The third-order valence-electron chi connectivity index (χ3n) is 4.00. The van der Waals surface area contributed by atoms with Crippen LogP contribution in [0.5, 0.6) is 0 Å². The topological polar surface area (TPSA) is 68.3 Å². The Kier molecular flexibility index (Phi) is 4.33. The normalized spacial score (nSPS) is 21.4. The Morgan fingerprint density at radius 2 is 1.86 bits per heavy atom. The highest BCUT2D eigenvalue weighted by molar-refractivity contribution is 7.92. The second-order valence-corrected chi connectivity index (χ2v) is 8.39. The molecule has 0 bridgehead atoms. The molecule has 1 aliphatic carbocycles. The summed E-state index contributed by atoms with van der Waals surface area (Å²) in [6, 6.07) is 7.98. The van der Waals surface area contributed by atoms with Crippen LogP contribution in [0.3, 0.4) is 0 Å². The van der Waals surface area contributed by atoms with Crippen molar-refractivity contribution >= 4 is 21.4 Å². The Balaban J connectivity index is 1.99. The number of Topliss-reactive ketones (excluding diaryl/α,β-unsaturated/α-hetero) is 2. The van der Waals surface area contributed by atoms with Crippen LogP contribution in [-0.2, 0) is 19.4 Å². The summed E-state index contributed by atoms with van der Waals surface area (Å²) in [5.74, 6) is -0.658. The largest absolute Gasteiger partial charge is 0.299 e. The second-order valence-electron chi connectivity index (χ2n) is 6.40. The first-order valence-corrected chi connectivity index (χ1v) is 8.69. The van der Waals surface area contributed by atoms with Crippen LogP contribution in [0.4, 0.5) is 0 Å². The predicted octanol–water partition coefficient (Wildman–Crippen LogP) is 2.42. The van der Waals surface area contributed by atoms with E-state index in [0.29, 0.717) is 12.8 Å². The number of ketones is 2. The Hall–Kier alpha value is -1.49. The zero-order valence-electron chi connectivity index (χ0n) is 12.3. The number of hydrogen-bond acceptors (Lipinski definition) is 4. The summed E-state index contributed by atoms with van der Waals surface area (Å²) in [6.45, 7) is 3.75.